The summed E-state index contributed by atoms with van der Waals surface area (Å²) in [5.74, 6) is -2.44. The fourth-order valence-electron chi connectivity index (χ4n) is 3.31. The molecule has 1 saturated heterocycles. The molecule has 9 heteroatoms. The van der Waals surface area contributed by atoms with Crippen molar-refractivity contribution in [1.29, 1.82) is 0 Å². The molecule has 2 rings (SSSR count). The van der Waals surface area contributed by atoms with Crippen LogP contribution in [-0.4, -0.2) is 72.4 Å². The van der Waals surface area contributed by atoms with Crippen molar-refractivity contribution in [2.45, 2.75) is 44.3 Å². The minimum Gasteiger partial charge on any atom is -0.465 e. The Morgan fingerprint density at radius 2 is 1.91 bits per heavy atom. The monoisotopic (exact) mass is 342 g/mol. The average Bonchev–Trinajstić information content (AvgIpc) is 2.47. The smallest absolute Gasteiger partial charge is 0.407 e. The van der Waals surface area contributed by atoms with Crippen molar-refractivity contribution >= 4 is 6.09 Å². The predicted molar refractivity (Wildman–Crippen MR) is 73.8 cm³/mol. The topological polar surface area (TPSA) is 53.0 Å². The van der Waals surface area contributed by atoms with Crippen LogP contribution in [0, 0.1) is 5.92 Å². The molecular formula is C14H22F4N2O3. The first-order valence-corrected chi connectivity index (χ1v) is 7.76. The van der Waals surface area contributed by atoms with Crippen LogP contribution in [0.3, 0.4) is 0 Å². The fourth-order valence-corrected chi connectivity index (χ4v) is 3.31. The van der Waals surface area contributed by atoms with E-state index in [0.29, 0.717) is 25.9 Å². The standard InChI is InChI=1S/C14H22F4N2O3/c15-12(16)23-9-11-8-19(5-6-20(11)13(21)22)7-10-1-3-14(17,18)4-2-10/h10-12H,1-9H2,(H,21,22)/t11-/m0/s1. The summed E-state index contributed by atoms with van der Waals surface area (Å²) in [6.07, 6.45) is -0.533. The Morgan fingerprint density at radius 3 is 2.48 bits per heavy atom. The van der Waals surface area contributed by atoms with Gasteiger partial charge in [0, 0.05) is 39.0 Å². The molecule has 1 aliphatic carbocycles. The third kappa shape index (κ3) is 5.49. The lowest BCUT2D eigenvalue weighted by Crippen LogP contribution is -2.57. The fraction of sp³-hybridized carbons (Fsp3) is 0.929. The molecule has 0 aromatic heterocycles. The summed E-state index contributed by atoms with van der Waals surface area (Å²) in [4.78, 5) is 14.2. The number of carbonyl (C=O) groups is 1. The lowest BCUT2D eigenvalue weighted by Gasteiger charge is -2.41. The molecule has 1 amide bonds. The number of piperazine rings is 1. The van der Waals surface area contributed by atoms with Crippen LogP contribution >= 0.6 is 0 Å². The molecule has 23 heavy (non-hydrogen) atoms. The summed E-state index contributed by atoms with van der Waals surface area (Å²) in [5.41, 5.74) is 0. The van der Waals surface area contributed by atoms with E-state index in [1.54, 1.807) is 0 Å². The van der Waals surface area contributed by atoms with Gasteiger partial charge in [0.15, 0.2) is 0 Å². The Hall–Kier alpha value is -1.09. The molecular weight excluding hydrogens is 320 g/mol. The van der Waals surface area contributed by atoms with Crippen molar-refractivity contribution in [2.24, 2.45) is 5.92 Å². The lowest BCUT2D eigenvalue weighted by atomic mass is 9.86. The largest absolute Gasteiger partial charge is 0.465 e. The van der Waals surface area contributed by atoms with E-state index < -0.39 is 24.7 Å². The maximum absolute atomic E-state index is 13.2. The molecule has 2 aliphatic rings. The minimum absolute atomic E-state index is 0.120. The maximum atomic E-state index is 13.2. The summed E-state index contributed by atoms with van der Waals surface area (Å²) in [6.45, 7) is -1.76. The van der Waals surface area contributed by atoms with Gasteiger partial charge >= 0.3 is 12.7 Å². The highest BCUT2D eigenvalue weighted by Gasteiger charge is 2.37. The molecule has 1 N–H and O–H groups in total. The first-order valence-electron chi connectivity index (χ1n) is 7.76. The number of nitrogens with zero attached hydrogens (tertiary/aromatic N) is 2. The van der Waals surface area contributed by atoms with Gasteiger partial charge in [0.05, 0.1) is 12.6 Å². The number of hydrogen-bond donors (Lipinski definition) is 1. The van der Waals surface area contributed by atoms with E-state index in [9.17, 15) is 22.4 Å². The number of hydrogen-bond acceptors (Lipinski definition) is 3. The van der Waals surface area contributed by atoms with E-state index in [2.05, 4.69) is 4.74 Å². The second-order valence-electron chi connectivity index (χ2n) is 6.28. The Bertz CT molecular complexity index is 401. The highest BCUT2D eigenvalue weighted by atomic mass is 19.3. The molecule has 5 nitrogen and oxygen atoms in total. The molecule has 134 valence electrons. The van der Waals surface area contributed by atoms with Gasteiger partial charge in [-0.1, -0.05) is 0 Å². The van der Waals surface area contributed by atoms with Crippen molar-refractivity contribution in [3.8, 4) is 0 Å². The van der Waals surface area contributed by atoms with Gasteiger partial charge in [-0.2, -0.15) is 8.78 Å². The van der Waals surface area contributed by atoms with E-state index in [0.717, 1.165) is 4.90 Å². The molecule has 0 unspecified atom stereocenters. The van der Waals surface area contributed by atoms with Crippen LogP contribution in [-0.2, 0) is 4.74 Å². The molecule has 1 aliphatic heterocycles. The average molecular weight is 342 g/mol. The Kier molecular flexibility index (Phi) is 6.07. The van der Waals surface area contributed by atoms with Gasteiger partial charge in [-0.05, 0) is 18.8 Å². The number of rotatable bonds is 5. The van der Waals surface area contributed by atoms with Gasteiger partial charge in [0.1, 0.15) is 0 Å². The summed E-state index contributed by atoms with van der Waals surface area (Å²) >= 11 is 0. The van der Waals surface area contributed by atoms with E-state index >= 15 is 0 Å². The van der Waals surface area contributed by atoms with Crippen LogP contribution < -0.4 is 0 Å². The van der Waals surface area contributed by atoms with Gasteiger partial charge in [0.2, 0.25) is 5.92 Å². The van der Waals surface area contributed by atoms with Gasteiger partial charge in [-0.3, -0.25) is 4.90 Å². The highest BCUT2D eigenvalue weighted by molar-refractivity contribution is 5.65. The number of alkyl halides is 4. The van der Waals surface area contributed by atoms with Crippen molar-refractivity contribution in [2.75, 3.05) is 32.8 Å². The van der Waals surface area contributed by atoms with E-state index in [4.69, 9.17) is 5.11 Å². The second kappa shape index (κ2) is 7.65. The molecule has 1 heterocycles. The zero-order chi connectivity index (χ0) is 17.0. The van der Waals surface area contributed by atoms with Crippen LogP contribution in [0.4, 0.5) is 22.4 Å². The SMILES string of the molecule is O=C(O)N1CCN(CC2CCC(F)(F)CC2)C[C@H]1COC(F)F. The molecule has 2 fully saturated rings. The minimum atomic E-state index is -2.94. The Morgan fingerprint density at radius 1 is 1.26 bits per heavy atom. The number of ether oxygens (including phenoxy) is 1. The van der Waals surface area contributed by atoms with Gasteiger partial charge in [0.25, 0.3) is 0 Å². The third-order valence-electron chi connectivity index (χ3n) is 4.58. The normalized spacial score (nSPS) is 26.7. The number of carboxylic acid groups (broad SMARTS) is 1. The van der Waals surface area contributed by atoms with Crippen LogP contribution in [0.15, 0.2) is 0 Å². The molecule has 1 atom stereocenters. The van der Waals surface area contributed by atoms with Gasteiger partial charge in [-0.25, -0.2) is 13.6 Å². The zero-order valence-electron chi connectivity index (χ0n) is 12.8. The van der Waals surface area contributed by atoms with Crippen LogP contribution in [0.2, 0.25) is 0 Å². The summed E-state index contributed by atoms with van der Waals surface area (Å²) in [6, 6.07) is -0.666. The molecule has 0 aromatic carbocycles. The summed E-state index contributed by atoms with van der Waals surface area (Å²) in [7, 11) is 0. The molecule has 0 aromatic rings. The van der Waals surface area contributed by atoms with E-state index in [1.165, 1.54) is 0 Å². The van der Waals surface area contributed by atoms with Crippen LogP contribution in [0.25, 0.3) is 0 Å². The van der Waals surface area contributed by atoms with Gasteiger partial charge in [-0.15, -0.1) is 0 Å². The van der Waals surface area contributed by atoms with Gasteiger partial charge < -0.3 is 14.7 Å². The summed E-state index contributed by atoms with van der Waals surface area (Å²) in [5, 5.41) is 9.12. The Balaban J connectivity index is 1.85. The van der Waals surface area contributed by atoms with Crippen LogP contribution in [0.5, 0.6) is 0 Å². The Labute approximate surface area is 132 Å². The molecule has 0 radical (unpaired) electrons. The number of halogens is 4. The lowest BCUT2D eigenvalue weighted by molar-refractivity contribution is -0.144. The highest BCUT2D eigenvalue weighted by Crippen LogP contribution is 2.36. The molecule has 0 bridgehead atoms. The first-order chi connectivity index (χ1) is 10.8. The summed E-state index contributed by atoms with van der Waals surface area (Å²) < 4.78 is 55.0. The third-order valence-corrected chi connectivity index (χ3v) is 4.58. The van der Waals surface area contributed by atoms with Crippen molar-refractivity contribution < 1.29 is 32.2 Å². The predicted octanol–water partition coefficient (Wildman–Crippen LogP) is 2.72. The molecule has 1 saturated carbocycles. The molecule has 0 spiro atoms. The zero-order valence-corrected chi connectivity index (χ0v) is 12.8. The quantitative estimate of drug-likeness (QED) is 0.781. The van der Waals surface area contributed by atoms with E-state index in [1.807, 2.05) is 4.90 Å². The van der Waals surface area contributed by atoms with E-state index in [-0.39, 0.29) is 38.5 Å². The second-order valence-corrected chi connectivity index (χ2v) is 6.28. The van der Waals surface area contributed by atoms with Crippen LogP contribution in [0.1, 0.15) is 25.7 Å². The van der Waals surface area contributed by atoms with Crippen molar-refractivity contribution in [3.63, 3.8) is 0 Å². The van der Waals surface area contributed by atoms with Crippen molar-refractivity contribution in [1.82, 2.24) is 9.80 Å². The maximum Gasteiger partial charge on any atom is 0.407 e. The number of amides is 1. The van der Waals surface area contributed by atoms with Crippen molar-refractivity contribution in [3.05, 3.63) is 0 Å². The first kappa shape index (κ1) is 18.3.